The first-order valence-electron chi connectivity index (χ1n) is 5.67. The average Bonchev–Trinajstić information content (AvgIpc) is 2.25. The molecule has 96 valence electrons. The normalized spacial score (nSPS) is 12.8. The summed E-state index contributed by atoms with van der Waals surface area (Å²) in [5.41, 5.74) is -0.0211. The summed E-state index contributed by atoms with van der Waals surface area (Å²) in [6.07, 6.45) is 1.60. The minimum Gasteiger partial charge on any atom is -0.255 e. The van der Waals surface area contributed by atoms with Gasteiger partial charge < -0.3 is 0 Å². The Morgan fingerprint density at radius 3 is 2.44 bits per heavy atom. The van der Waals surface area contributed by atoms with E-state index in [0.717, 1.165) is 5.39 Å². The van der Waals surface area contributed by atoms with Crippen LogP contribution in [0, 0.1) is 0 Å². The number of nitrogens with one attached hydrogen (secondary N) is 1. The molecule has 4 nitrogen and oxygen atoms in total. The van der Waals surface area contributed by atoms with Crippen molar-refractivity contribution in [2.24, 2.45) is 0 Å². The second-order valence-electron chi connectivity index (χ2n) is 5.19. The molecule has 0 amide bonds. The maximum atomic E-state index is 12.3. The molecule has 0 aliphatic rings. The third kappa shape index (κ3) is 2.68. The van der Waals surface area contributed by atoms with Crippen molar-refractivity contribution in [3.63, 3.8) is 0 Å². The first kappa shape index (κ1) is 13.0. The predicted molar refractivity (Wildman–Crippen MR) is 71.8 cm³/mol. The summed E-state index contributed by atoms with van der Waals surface area (Å²) in [6, 6.07) is 8.78. The molecule has 2 aromatic rings. The van der Waals surface area contributed by atoms with Crippen molar-refractivity contribution in [3.05, 3.63) is 36.5 Å². The topological polar surface area (TPSA) is 59.1 Å². The third-order valence-electron chi connectivity index (χ3n) is 2.33. The van der Waals surface area contributed by atoms with Crippen LogP contribution in [0.15, 0.2) is 41.4 Å². The smallest absolute Gasteiger partial charge is 0.243 e. The molecule has 18 heavy (non-hydrogen) atoms. The lowest BCUT2D eigenvalue weighted by Gasteiger charge is -2.20. The Kier molecular flexibility index (Phi) is 3.12. The van der Waals surface area contributed by atoms with Crippen LogP contribution in [0.2, 0.25) is 0 Å². The number of nitrogens with zero attached hydrogens (tertiary/aromatic N) is 1. The highest BCUT2D eigenvalue weighted by atomic mass is 32.2. The number of para-hydroxylation sites is 1. The Bertz CT molecular complexity index is 667. The van der Waals surface area contributed by atoms with Gasteiger partial charge in [0.2, 0.25) is 10.0 Å². The molecule has 0 saturated carbocycles. The molecule has 1 aromatic heterocycles. The second kappa shape index (κ2) is 4.33. The maximum absolute atomic E-state index is 12.3. The lowest BCUT2D eigenvalue weighted by atomic mass is 10.1. The highest BCUT2D eigenvalue weighted by Gasteiger charge is 2.23. The van der Waals surface area contributed by atoms with Crippen molar-refractivity contribution in [1.29, 1.82) is 0 Å². The summed E-state index contributed by atoms with van der Waals surface area (Å²) in [5.74, 6) is 0. The Hall–Kier alpha value is -1.46. The number of benzene rings is 1. The first-order chi connectivity index (χ1) is 8.30. The molecular formula is C13H16N2O2S. The molecule has 0 bridgehead atoms. The van der Waals surface area contributed by atoms with E-state index in [-0.39, 0.29) is 4.90 Å². The van der Waals surface area contributed by atoms with E-state index in [4.69, 9.17) is 0 Å². The van der Waals surface area contributed by atoms with Crippen LogP contribution >= 0.6 is 0 Å². The van der Waals surface area contributed by atoms with Gasteiger partial charge in [0.15, 0.2) is 0 Å². The van der Waals surface area contributed by atoms with Gasteiger partial charge in [0.05, 0.1) is 5.52 Å². The highest BCUT2D eigenvalue weighted by Crippen LogP contribution is 2.21. The maximum Gasteiger partial charge on any atom is 0.243 e. The Labute approximate surface area is 107 Å². The number of aromatic nitrogens is 1. The lowest BCUT2D eigenvalue weighted by molar-refractivity contribution is 0.492. The van der Waals surface area contributed by atoms with E-state index < -0.39 is 15.6 Å². The summed E-state index contributed by atoms with van der Waals surface area (Å²) >= 11 is 0. The van der Waals surface area contributed by atoms with Crippen molar-refractivity contribution in [2.75, 3.05) is 0 Å². The van der Waals surface area contributed by atoms with E-state index in [0.29, 0.717) is 5.52 Å². The van der Waals surface area contributed by atoms with Crippen LogP contribution in [0.4, 0.5) is 0 Å². The molecule has 0 saturated heterocycles. The number of hydrogen-bond donors (Lipinski definition) is 1. The molecule has 2 rings (SSSR count). The van der Waals surface area contributed by atoms with Gasteiger partial charge in [0.1, 0.15) is 4.90 Å². The van der Waals surface area contributed by atoms with E-state index in [1.165, 1.54) is 0 Å². The summed E-state index contributed by atoms with van der Waals surface area (Å²) in [7, 11) is -3.56. The van der Waals surface area contributed by atoms with Gasteiger partial charge in [-0.2, -0.15) is 0 Å². The quantitative estimate of drug-likeness (QED) is 0.905. The lowest BCUT2D eigenvalue weighted by Crippen LogP contribution is -2.40. The largest absolute Gasteiger partial charge is 0.255 e. The van der Waals surface area contributed by atoms with Crippen LogP contribution in [0.25, 0.3) is 10.9 Å². The molecule has 1 aromatic carbocycles. The van der Waals surface area contributed by atoms with Crippen molar-refractivity contribution in [1.82, 2.24) is 9.71 Å². The summed E-state index contributed by atoms with van der Waals surface area (Å²) in [5, 5.41) is 0.814. The van der Waals surface area contributed by atoms with Gasteiger partial charge in [-0.3, -0.25) is 4.98 Å². The minimum atomic E-state index is -3.56. The van der Waals surface area contributed by atoms with Gasteiger partial charge in [-0.25, -0.2) is 13.1 Å². The molecule has 0 fully saturated rings. The zero-order valence-corrected chi connectivity index (χ0v) is 11.5. The molecule has 0 spiro atoms. The molecule has 5 heteroatoms. The predicted octanol–water partition coefficient (Wildman–Crippen LogP) is 2.31. The van der Waals surface area contributed by atoms with Crippen molar-refractivity contribution in [3.8, 4) is 0 Å². The van der Waals surface area contributed by atoms with Gasteiger partial charge >= 0.3 is 0 Å². The van der Waals surface area contributed by atoms with Gasteiger partial charge in [-0.15, -0.1) is 0 Å². The molecule has 0 aliphatic heterocycles. The number of hydrogen-bond acceptors (Lipinski definition) is 3. The summed E-state index contributed by atoms with van der Waals surface area (Å²) < 4.78 is 27.3. The van der Waals surface area contributed by atoms with Gasteiger partial charge in [-0.1, -0.05) is 18.2 Å². The summed E-state index contributed by atoms with van der Waals surface area (Å²) in [4.78, 5) is 4.38. The monoisotopic (exact) mass is 264 g/mol. The van der Waals surface area contributed by atoms with E-state index in [2.05, 4.69) is 9.71 Å². The van der Waals surface area contributed by atoms with Crippen molar-refractivity contribution in [2.45, 2.75) is 31.2 Å². The molecule has 0 atom stereocenters. The average molecular weight is 264 g/mol. The highest BCUT2D eigenvalue weighted by molar-refractivity contribution is 7.89. The number of sulfonamides is 1. The van der Waals surface area contributed by atoms with Crippen molar-refractivity contribution >= 4 is 20.9 Å². The molecule has 1 N–H and O–H groups in total. The third-order valence-corrected chi connectivity index (χ3v) is 4.12. The molecule has 0 aliphatic carbocycles. The van der Waals surface area contributed by atoms with Crippen LogP contribution in [-0.2, 0) is 10.0 Å². The van der Waals surface area contributed by atoms with Crippen LogP contribution in [0.5, 0.6) is 0 Å². The minimum absolute atomic E-state index is 0.218. The fraction of sp³-hybridized carbons (Fsp3) is 0.308. The van der Waals surface area contributed by atoms with E-state index in [1.54, 1.807) is 24.4 Å². The molecule has 0 radical (unpaired) electrons. The molecule has 0 unspecified atom stereocenters. The Balaban J connectivity index is 2.61. The second-order valence-corrected chi connectivity index (χ2v) is 6.84. The number of pyridine rings is 1. The SMILES string of the molecule is CC(C)(C)NS(=O)(=O)c1cccc2cccnc12. The fourth-order valence-corrected chi connectivity index (χ4v) is 3.35. The van der Waals surface area contributed by atoms with Crippen LogP contribution in [-0.4, -0.2) is 18.9 Å². The van der Waals surface area contributed by atoms with Crippen LogP contribution < -0.4 is 4.72 Å². The van der Waals surface area contributed by atoms with Crippen LogP contribution in [0.1, 0.15) is 20.8 Å². The van der Waals surface area contributed by atoms with E-state index in [1.807, 2.05) is 32.9 Å². The van der Waals surface area contributed by atoms with Gasteiger partial charge in [0, 0.05) is 17.1 Å². The zero-order valence-electron chi connectivity index (χ0n) is 10.6. The number of fused-ring (bicyclic) bond motifs is 1. The Morgan fingerprint density at radius 2 is 1.78 bits per heavy atom. The standard InChI is InChI=1S/C13H16N2O2S/c1-13(2,3)15-18(16,17)11-8-4-6-10-7-5-9-14-12(10)11/h4-9,15H,1-3H3. The van der Waals surface area contributed by atoms with E-state index in [9.17, 15) is 8.42 Å². The fourth-order valence-electron chi connectivity index (χ4n) is 1.75. The molecular weight excluding hydrogens is 248 g/mol. The van der Waals surface area contributed by atoms with Gasteiger partial charge in [0.25, 0.3) is 0 Å². The van der Waals surface area contributed by atoms with Gasteiger partial charge in [-0.05, 0) is 32.9 Å². The summed E-state index contributed by atoms with van der Waals surface area (Å²) in [6.45, 7) is 5.43. The first-order valence-corrected chi connectivity index (χ1v) is 7.16. The van der Waals surface area contributed by atoms with Crippen LogP contribution in [0.3, 0.4) is 0 Å². The molecule has 1 heterocycles. The number of rotatable bonds is 2. The van der Waals surface area contributed by atoms with Crippen molar-refractivity contribution < 1.29 is 8.42 Å². The van der Waals surface area contributed by atoms with E-state index >= 15 is 0 Å². The Morgan fingerprint density at radius 1 is 1.11 bits per heavy atom. The zero-order chi connectivity index (χ0) is 13.4.